The van der Waals surface area contributed by atoms with Crippen molar-refractivity contribution in [3.05, 3.63) is 18.0 Å². The number of aromatic nitrogens is 2. The second kappa shape index (κ2) is 6.08. The molecule has 1 aromatic rings. The summed E-state index contributed by atoms with van der Waals surface area (Å²) >= 11 is 0. The number of hydrogen-bond donors (Lipinski definition) is 1. The van der Waals surface area contributed by atoms with E-state index in [2.05, 4.69) is 22.3 Å². The summed E-state index contributed by atoms with van der Waals surface area (Å²) in [6, 6.07) is 2.86. The fourth-order valence-corrected chi connectivity index (χ4v) is 5.61. The topological polar surface area (TPSA) is 64.0 Å². The Kier molecular flexibility index (Phi) is 4.36. The quantitative estimate of drug-likeness (QED) is 0.896. The molecule has 3 rings (SSSR count). The summed E-state index contributed by atoms with van der Waals surface area (Å²) in [7, 11) is -0.896. The van der Waals surface area contributed by atoms with E-state index >= 15 is 0 Å². The van der Waals surface area contributed by atoms with Gasteiger partial charge in [0.2, 0.25) is 0 Å². The molecule has 118 valence electrons. The van der Waals surface area contributed by atoms with Gasteiger partial charge in [0.05, 0.1) is 23.2 Å². The number of nitrogens with one attached hydrogen (secondary N) is 1. The SMILES string of the molecule is CNC(Cc1ccn(C2CCCC2)n1)C1CCS(=O)(=O)C1. The van der Waals surface area contributed by atoms with Crippen LogP contribution in [0.25, 0.3) is 0 Å². The molecule has 0 amide bonds. The van der Waals surface area contributed by atoms with E-state index in [1.807, 2.05) is 7.05 Å². The minimum absolute atomic E-state index is 0.203. The summed E-state index contributed by atoms with van der Waals surface area (Å²) < 4.78 is 25.4. The lowest BCUT2D eigenvalue weighted by Gasteiger charge is -2.21. The van der Waals surface area contributed by atoms with Crippen molar-refractivity contribution >= 4 is 9.84 Å². The molecule has 5 nitrogen and oxygen atoms in total. The zero-order valence-corrected chi connectivity index (χ0v) is 13.5. The maximum Gasteiger partial charge on any atom is 0.150 e. The smallest absolute Gasteiger partial charge is 0.150 e. The van der Waals surface area contributed by atoms with Crippen molar-refractivity contribution in [3.63, 3.8) is 0 Å². The molecular weight excluding hydrogens is 286 g/mol. The van der Waals surface area contributed by atoms with E-state index in [-0.39, 0.29) is 12.0 Å². The third-order valence-electron chi connectivity index (χ3n) is 5.00. The van der Waals surface area contributed by atoms with Crippen molar-refractivity contribution < 1.29 is 8.42 Å². The second-order valence-electron chi connectivity index (χ2n) is 6.49. The van der Waals surface area contributed by atoms with Crippen LogP contribution in [0.1, 0.15) is 43.8 Å². The lowest BCUT2D eigenvalue weighted by atomic mass is 9.95. The molecule has 1 aliphatic carbocycles. The van der Waals surface area contributed by atoms with Crippen LogP contribution in [0.2, 0.25) is 0 Å². The minimum atomic E-state index is -2.82. The van der Waals surface area contributed by atoms with E-state index in [1.54, 1.807) is 0 Å². The molecule has 1 N–H and O–H groups in total. The van der Waals surface area contributed by atoms with Crippen molar-refractivity contribution in [2.24, 2.45) is 5.92 Å². The van der Waals surface area contributed by atoms with Gasteiger partial charge >= 0.3 is 0 Å². The lowest BCUT2D eigenvalue weighted by molar-refractivity contribution is 0.395. The first-order chi connectivity index (χ1) is 10.1. The van der Waals surface area contributed by atoms with Crippen LogP contribution in [0.4, 0.5) is 0 Å². The Bertz CT molecular complexity index is 575. The highest BCUT2D eigenvalue weighted by Gasteiger charge is 2.33. The summed E-state index contributed by atoms with van der Waals surface area (Å²) in [5, 5.41) is 8.01. The predicted octanol–water partition coefficient (Wildman–Crippen LogP) is 1.56. The van der Waals surface area contributed by atoms with Crippen LogP contribution >= 0.6 is 0 Å². The maximum absolute atomic E-state index is 11.6. The lowest BCUT2D eigenvalue weighted by Crippen LogP contribution is -2.36. The fraction of sp³-hybridized carbons (Fsp3) is 0.800. The Balaban J connectivity index is 1.64. The van der Waals surface area contributed by atoms with E-state index in [0.717, 1.165) is 18.5 Å². The van der Waals surface area contributed by atoms with Crippen molar-refractivity contribution in [2.45, 2.75) is 50.6 Å². The fourth-order valence-electron chi connectivity index (χ4n) is 3.73. The third kappa shape index (κ3) is 3.48. The molecule has 2 fully saturated rings. The van der Waals surface area contributed by atoms with Gasteiger partial charge in [-0.05, 0) is 38.3 Å². The number of sulfone groups is 1. The molecule has 1 saturated heterocycles. The molecule has 0 bridgehead atoms. The highest BCUT2D eigenvalue weighted by atomic mass is 32.2. The summed E-state index contributed by atoms with van der Waals surface area (Å²) in [4.78, 5) is 0. The van der Waals surface area contributed by atoms with Crippen LogP contribution in [0.15, 0.2) is 12.3 Å². The Morgan fingerprint density at radius 3 is 2.76 bits per heavy atom. The molecule has 1 aliphatic heterocycles. The third-order valence-corrected chi connectivity index (χ3v) is 6.79. The van der Waals surface area contributed by atoms with Crippen LogP contribution in [-0.4, -0.2) is 42.8 Å². The van der Waals surface area contributed by atoms with Gasteiger partial charge in [-0.1, -0.05) is 12.8 Å². The van der Waals surface area contributed by atoms with E-state index < -0.39 is 9.84 Å². The highest BCUT2D eigenvalue weighted by Crippen LogP contribution is 2.29. The van der Waals surface area contributed by atoms with Crippen LogP contribution in [0.5, 0.6) is 0 Å². The van der Waals surface area contributed by atoms with E-state index in [9.17, 15) is 8.42 Å². The van der Waals surface area contributed by atoms with Gasteiger partial charge in [0.15, 0.2) is 9.84 Å². The molecule has 2 unspecified atom stereocenters. The van der Waals surface area contributed by atoms with Gasteiger partial charge < -0.3 is 5.32 Å². The predicted molar refractivity (Wildman–Crippen MR) is 83.0 cm³/mol. The monoisotopic (exact) mass is 311 g/mol. The Labute approximate surface area is 127 Å². The van der Waals surface area contributed by atoms with Crippen molar-refractivity contribution in [1.82, 2.24) is 15.1 Å². The van der Waals surface area contributed by atoms with Gasteiger partial charge in [-0.3, -0.25) is 4.68 Å². The Hall–Kier alpha value is -0.880. The first-order valence-electron chi connectivity index (χ1n) is 7.99. The van der Waals surface area contributed by atoms with E-state index in [1.165, 1.54) is 25.7 Å². The van der Waals surface area contributed by atoms with Crippen molar-refractivity contribution in [3.8, 4) is 0 Å². The molecule has 0 spiro atoms. The molecule has 21 heavy (non-hydrogen) atoms. The van der Waals surface area contributed by atoms with Gasteiger partial charge in [-0.25, -0.2) is 8.42 Å². The Morgan fingerprint density at radius 1 is 1.38 bits per heavy atom. The largest absolute Gasteiger partial charge is 0.316 e. The highest BCUT2D eigenvalue weighted by molar-refractivity contribution is 7.91. The normalized spacial score (nSPS) is 27.2. The molecule has 6 heteroatoms. The molecule has 0 radical (unpaired) electrons. The molecular formula is C15H25N3O2S. The number of nitrogens with zero attached hydrogens (tertiary/aromatic N) is 2. The standard InChI is InChI=1S/C15H25N3O2S/c1-16-15(12-7-9-21(19,20)11-12)10-13-6-8-18(17-13)14-4-2-3-5-14/h6,8,12,14-16H,2-5,7,9-11H2,1H3. The molecule has 1 aromatic heterocycles. The Morgan fingerprint density at radius 2 is 2.14 bits per heavy atom. The van der Waals surface area contributed by atoms with Gasteiger partial charge in [0.25, 0.3) is 0 Å². The van der Waals surface area contributed by atoms with Crippen molar-refractivity contribution in [1.29, 1.82) is 0 Å². The van der Waals surface area contributed by atoms with Crippen molar-refractivity contribution in [2.75, 3.05) is 18.6 Å². The first-order valence-corrected chi connectivity index (χ1v) is 9.81. The summed E-state index contributed by atoms with van der Waals surface area (Å²) in [5.74, 6) is 0.880. The van der Waals surface area contributed by atoms with Gasteiger partial charge in [-0.2, -0.15) is 5.10 Å². The molecule has 1 saturated carbocycles. The molecule has 2 heterocycles. The van der Waals surface area contributed by atoms with Gasteiger partial charge in [0.1, 0.15) is 0 Å². The summed E-state index contributed by atoms with van der Waals surface area (Å²) in [6.45, 7) is 0. The van der Waals surface area contributed by atoms with Crippen LogP contribution < -0.4 is 5.32 Å². The molecule has 0 aromatic carbocycles. The molecule has 2 atom stereocenters. The molecule has 2 aliphatic rings. The zero-order chi connectivity index (χ0) is 14.9. The number of likely N-dealkylation sites (N-methyl/N-ethyl adjacent to an activating group) is 1. The number of rotatable bonds is 5. The van der Waals surface area contributed by atoms with Gasteiger partial charge in [-0.15, -0.1) is 0 Å². The van der Waals surface area contributed by atoms with Crippen LogP contribution in [-0.2, 0) is 16.3 Å². The summed E-state index contributed by atoms with van der Waals surface area (Å²) in [5.41, 5.74) is 1.07. The average molecular weight is 311 g/mol. The van der Waals surface area contributed by atoms with Gasteiger partial charge in [0, 0.05) is 18.7 Å². The second-order valence-corrected chi connectivity index (χ2v) is 8.72. The minimum Gasteiger partial charge on any atom is -0.316 e. The average Bonchev–Trinajstić information content (AvgIpc) is 3.15. The van der Waals surface area contributed by atoms with Crippen LogP contribution in [0.3, 0.4) is 0 Å². The summed E-state index contributed by atoms with van der Waals surface area (Å²) in [6.07, 6.45) is 8.75. The number of hydrogen-bond acceptors (Lipinski definition) is 4. The van der Waals surface area contributed by atoms with Crippen LogP contribution in [0, 0.1) is 5.92 Å². The van der Waals surface area contributed by atoms with E-state index in [0.29, 0.717) is 17.5 Å². The maximum atomic E-state index is 11.6. The first kappa shape index (κ1) is 15.0. The van der Waals surface area contributed by atoms with E-state index in [4.69, 9.17) is 5.10 Å². The zero-order valence-electron chi connectivity index (χ0n) is 12.7.